The van der Waals surface area contributed by atoms with Crippen molar-refractivity contribution in [2.24, 2.45) is 0 Å². The number of hydrogen-bond acceptors (Lipinski definition) is 4. The van der Waals surface area contributed by atoms with Gasteiger partial charge in [-0.15, -0.1) is 11.3 Å². The average Bonchev–Trinajstić information content (AvgIpc) is 2.97. The molecule has 0 N–H and O–H groups in total. The largest absolute Gasteiger partial charge is 0.329 e. The molecular formula is C21H18ClN3S. The van der Waals surface area contributed by atoms with E-state index in [1.165, 1.54) is 21.6 Å². The summed E-state index contributed by atoms with van der Waals surface area (Å²) < 4.78 is 0. The second-order valence-electron chi connectivity index (χ2n) is 6.29. The number of anilines is 2. The van der Waals surface area contributed by atoms with Crippen LogP contribution in [-0.4, -0.2) is 17.0 Å². The lowest BCUT2D eigenvalue weighted by Crippen LogP contribution is -2.12. The highest BCUT2D eigenvalue weighted by atomic mass is 35.5. The molecule has 0 atom stereocenters. The van der Waals surface area contributed by atoms with E-state index in [4.69, 9.17) is 11.6 Å². The summed E-state index contributed by atoms with van der Waals surface area (Å²) in [7, 11) is 2.01. The number of aryl methyl sites for hydroxylation is 2. The highest BCUT2D eigenvalue weighted by Crippen LogP contribution is 2.43. The Balaban J connectivity index is 1.99. The van der Waals surface area contributed by atoms with E-state index in [2.05, 4.69) is 65.1 Å². The predicted octanol–water partition coefficient (Wildman–Crippen LogP) is 6.40. The van der Waals surface area contributed by atoms with Crippen LogP contribution < -0.4 is 4.90 Å². The Morgan fingerprint density at radius 3 is 2.31 bits per heavy atom. The summed E-state index contributed by atoms with van der Waals surface area (Å²) in [5.74, 6) is 0.825. The van der Waals surface area contributed by atoms with E-state index in [0.29, 0.717) is 0 Å². The zero-order chi connectivity index (χ0) is 18.3. The third-order valence-corrected chi connectivity index (χ3v) is 5.65. The monoisotopic (exact) mass is 379 g/mol. The van der Waals surface area contributed by atoms with Gasteiger partial charge < -0.3 is 4.90 Å². The van der Waals surface area contributed by atoms with Crippen molar-refractivity contribution in [3.8, 4) is 11.1 Å². The molecule has 0 spiro atoms. The number of hydrogen-bond donors (Lipinski definition) is 0. The fourth-order valence-electron chi connectivity index (χ4n) is 3.15. The number of halogens is 1. The maximum atomic E-state index is 6.24. The molecule has 0 bridgehead atoms. The van der Waals surface area contributed by atoms with Crippen molar-refractivity contribution in [1.82, 2.24) is 9.97 Å². The number of nitrogens with zero attached hydrogens (tertiary/aromatic N) is 3. The zero-order valence-corrected chi connectivity index (χ0v) is 16.4. The van der Waals surface area contributed by atoms with Crippen LogP contribution in [0, 0.1) is 13.8 Å². The summed E-state index contributed by atoms with van der Waals surface area (Å²) in [6, 6.07) is 18.8. The van der Waals surface area contributed by atoms with Gasteiger partial charge in [-0.2, -0.15) is 4.98 Å². The molecule has 0 saturated carbocycles. The van der Waals surface area contributed by atoms with Crippen LogP contribution >= 0.6 is 22.9 Å². The summed E-state index contributed by atoms with van der Waals surface area (Å²) in [5.41, 5.74) is 4.65. The van der Waals surface area contributed by atoms with E-state index >= 15 is 0 Å². The minimum Gasteiger partial charge on any atom is -0.329 e. The number of rotatable bonds is 3. The van der Waals surface area contributed by atoms with Gasteiger partial charge in [-0.25, -0.2) is 4.98 Å². The van der Waals surface area contributed by atoms with Gasteiger partial charge in [0.1, 0.15) is 10.6 Å². The van der Waals surface area contributed by atoms with Crippen molar-refractivity contribution in [3.63, 3.8) is 0 Å². The summed E-state index contributed by atoms with van der Waals surface area (Å²) in [4.78, 5) is 13.3. The quantitative estimate of drug-likeness (QED) is 0.386. The summed E-state index contributed by atoms with van der Waals surface area (Å²) in [6.45, 7) is 4.22. The fourth-order valence-corrected chi connectivity index (χ4v) is 4.41. The van der Waals surface area contributed by atoms with Crippen molar-refractivity contribution >= 4 is 44.7 Å². The van der Waals surface area contributed by atoms with E-state index in [0.717, 1.165) is 21.7 Å². The zero-order valence-electron chi connectivity index (χ0n) is 14.8. The number of thiophene rings is 1. The molecule has 2 heterocycles. The molecule has 4 aromatic rings. The van der Waals surface area contributed by atoms with Crippen molar-refractivity contribution in [2.45, 2.75) is 13.8 Å². The average molecular weight is 380 g/mol. The smallest absolute Gasteiger partial charge is 0.225 e. The minimum atomic E-state index is 0.270. The first-order valence-electron chi connectivity index (χ1n) is 8.37. The Morgan fingerprint density at radius 1 is 0.923 bits per heavy atom. The van der Waals surface area contributed by atoms with Crippen molar-refractivity contribution in [3.05, 3.63) is 70.3 Å². The molecule has 26 heavy (non-hydrogen) atoms. The van der Waals surface area contributed by atoms with Crippen LogP contribution in [0.3, 0.4) is 0 Å². The molecule has 3 nitrogen and oxygen atoms in total. The van der Waals surface area contributed by atoms with Gasteiger partial charge in [-0.3, -0.25) is 0 Å². The third-order valence-electron chi connectivity index (χ3n) is 4.48. The van der Waals surface area contributed by atoms with Gasteiger partial charge in [-0.05, 0) is 43.1 Å². The molecule has 0 saturated heterocycles. The molecule has 0 radical (unpaired) electrons. The van der Waals surface area contributed by atoms with Crippen LogP contribution in [0.25, 0.3) is 21.3 Å². The van der Waals surface area contributed by atoms with Gasteiger partial charge in [0.2, 0.25) is 5.28 Å². The second-order valence-corrected chi connectivity index (χ2v) is 7.83. The van der Waals surface area contributed by atoms with E-state index in [1.54, 1.807) is 11.3 Å². The van der Waals surface area contributed by atoms with Crippen LogP contribution in [0.2, 0.25) is 5.28 Å². The van der Waals surface area contributed by atoms with Gasteiger partial charge in [0.25, 0.3) is 0 Å². The van der Waals surface area contributed by atoms with Crippen molar-refractivity contribution in [1.29, 1.82) is 0 Å². The number of para-hydroxylation sites is 1. The normalized spacial score (nSPS) is 11.1. The molecular weight excluding hydrogens is 362 g/mol. The van der Waals surface area contributed by atoms with E-state index < -0.39 is 0 Å². The van der Waals surface area contributed by atoms with Gasteiger partial charge in [0.15, 0.2) is 0 Å². The molecule has 0 aliphatic heterocycles. The molecule has 5 heteroatoms. The SMILES string of the molecule is Cc1ccc(-c2c(C)sc3nc(Cl)nc(N(C)c4ccccc4)c23)cc1. The van der Waals surface area contributed by atoms with Crippen LogP contribution in [0.15, 0.2) is 54.6 Å². The summed E-state index contributed by atoms with van der Waals surface area (Å²) in [6.07, 6.45) is 0. The third kappa shape index (κ3) is 2.96. The number of aromatic nitrogens is 2. The van der Waals surface area contributed by atoms with E-state index in [1.807, 2.05) is 25.2 Å². The highest BCUT2D eigenvalue weighted by Gasteiger charge is 2.20. The first kappa shape index (κ1) is 17.0. The molecule has 0 amide bonds. The first-order valence-corrected chi connectivity index (χ1v) is 9.56. The van der Waals surface area contributed by atoms with Crippen LogP contribution in [0.5, 0.6) is 0 Å². The molecule has 0 aliphatic rings. The van der Waals surface area contributed by atoms with Gasteiger partial charge in [-0.1, -0.05) is 48.0 Å². The van der Waals surface area contributed by atoms with Crippen LogP contribution in [0.1, 0.15) is 10.4 Å². The van der Waals surface area contributed by atoms with Crippen LogP contribution in [0.4, 0.5) is 11.5 Å². The van der Waals surface area contributed by atoms with E-state index in [-0.39, 0.29) is 5.28 Å². The Bertz CT molecular complexity index is 1070. The maximum Gasteiger partial charge on any atom is 0.225 e. The Kier molecular flexibility index (Phi) is 4.39. The maximum absolute atomic E-state index is 6.24. The van der Waals surface area contributed by atoms with E-state index in [9.17, 15) is 0 Å². The predicted molar refractivity (Wildman–Crippen MR) is 112 cm³/mol. The summed E-state index contributed by atoms with van der Waals surface area (Å²) in [5, 5.41) is 1.32. The lowest BCUT2D eigenvalue weighted by molar-refractivity contribution is 1.12. The van der Waals surface area contributed by atoms with Gasteiger partial charge in [0, 0.05) is 23.2 Å². The molecule has 0 fully saturated rings. The van der Waals surface area contributed by atoms with Gasteiger partial charge >= 0.3 is 0 Å². The number of fused-ring (bicyclic) bond motifs is 1. The molecule has 0 aliphatic carbocycles. The van der Waals surface area contributed by atoms with Crippen molar-refractivity contribution < 1.29 is 0 Å². The van der Waals surface area contributed by atoms with Gasteiger partial charge in [0.05, 0.1) is 5.39 Å². The lowest BCUT2D eigenvalue weighted by atomic mass is 10.0. The molecule has 2 aromatic heterocycles. The molecule has 2 aromatic carbocycles. The fraction of sp³-hybridized carbons (Fsp3) is 0.143. The number of benzene rings is 2. The van der Waals surface area contributed by atoms with Crippen LogP contribution in [-0.2, 0) is 0 Å². The first-order chi connectivity index (χ1) is 12.5. The second kappa shape index (κ2) is 6.71. The Labute approximate surface area is 161 Å². The lowest BCUT2D eigenvalue weighted by Gasteiger charge is -2.20. The Hall–Kier alpha value is -2.43. The standard InChI is InChI=1S/C21H18ClN3S/c1-13-9-11-15(12-10-13)17-14(2)26-20-18(17)19(23-21(22)24-20)25(3)16-7-5-4-6-8-16/h4-12H,1-3H3. The molecule has 130 valence electrons. The molecule has 4 rings (SSSR count). The molecule has 0 unspecified atom stereocenters. The Morgan fingerprint density at radius 2 is 1.62 bits per heavy atom. The summed E-state index contributed by atoms with van der Waals surface area (Å²) >= 11 is 7.90. The van der Waals surface area contributed by atoms with Crippen molar-refractivity contribution in [2.75, 3.05) is 11.9 Å². The topological polar surface area (TPSA) is 29.0 Å². The minimum absolute atomic E-state index is 0.270. The highest BCUT2D eigenvalue weighted by molar-refractivity contribution is 7.19.